The average molecular weight is 721 g/mol. The van der Waals surface area contributed by atoms with Crippen molar-refractivity contribution in [2.45, 2.75) is 34.6 Å². The topological polar surface area (TPSA) is 129 Å². The first-order valence-electron chi connectivity index (χ1n) is 17.7. The molecule has 0 atom stereocenters. The van der Waals surface area contributed by atoms with Gasteiger partial charge in [-0.2, -0.15) is 0 Å². The molecule has 0 spiro atoms. The van der Waals surface area contributed by atoms with Crippen LogP contribution in [0, 0.1) is 34.6 Å². The molecule has 0 aliphatic heterocycles. The maximum absolute atomic E-state index is 4.17. The zero-order valence-corrected chi connectivity index (χ0v) is 31.4. The van der Waals surface area contributed by atoms with Crippen LogP contribution in [-0.4, -0.2) is 49.8 Å². The van der Waals surface area contributed by atoms with E-state index in [2.05, 4.69) is 114 Å². The third-order valence-corrected chi connectivity index (χ3v) is 8.57. The third kappa shape index (κ3) is 10.2. The summed E-state index contributed by atoms with van der Waals surface area (Å²) in [6.07, 6.45) is 15.2. The van der Waals surface area contributed by atoms with E-state index >= 15 is 0 Å². The predicted octanol–water partition coefficient (Wildman–Crippen LogP) is 9.69. The van der Waals surface area contributed by atoms with Crippen molar-refractivity contribution < 1.29 is 0 Å². The van der Waals surface area contributed by atoms with Gasteiger partial charge in [-0.1, -0.05) is 72.3 Å². The zero-order chi connectivity index (χ0) is 38.4. The zero-order valence-electron chi connectivity index (χ0n) is 31.4. The first kappa shape index (κ1) is 37.6. The van der Waals surface area contributed by atoms with Crippen molar-refractivity contribution in [3.63, 3.8) is 0 Å². The Labute approximate surface area is 319 Å². The molecule has 0 aliphatic carbocycles. The van der Waals surface area contributed by atoms with Gasteiger partial charge in [-0.25, -0.2) is 49.8 Å². The van der Waals surface area contributed by atoms with Crippen LogP contribution in [0.1, 0.15) is 27.9 Å². The molecule has 5 heterocycles. The largest absolute Gasteiger partial charge is 0.244 e. The van der Waals surface area contributed by atoms with Gasteiger partial charge < -0.3 is 0 Å². The van der Waals surface area contributed by atoms with Crippen LogP contribution in [0.15, 0.2) is 153 Å². The molecule has 0 unspecified atom stereocenters. The van der Waals surface area contributed by atoms with Gasteiger partial charge in [-0.05, 0) is 81.6 Å². The normalized spacial score (nSPS) is 10.3. The molecule has 0 radical (unpaired) electrons. The van der Waals surface area contributed by atoms with Crippen molar-refractivity contribution in [3.8, 4) is 0 Å². The molecule has 0 N–H and O–H groups in total. The molecule has 0 saturated heterocycles. The number of nitrogens with zero attached hydrogens (tertiary/aromatic N) is 10. The Hall–Kier alpha value is -7.20. The minimum absolute atomic E-state index is 1.01. The van der Waals surface area contributed by atoms with E-state index in [0.29, 0.717) is 0 Å². The molecule has 5 aromatic heterocycles. The molecule has 10 nitrogen and oxygen atoms in total. The molecule has 55 heavy (non-hydrogen) atoms. The van der Waals surface area contributed by atoms with Crippen LogP contribution >= 0.6 is 0 Å². The molecule has 0 bridgehead atoms. The highest BCUT2D eigenvalue weighted by atomic mass is 14.8. The Kier molecular flexibility index (Phi) is 12.6. The van der Waals surface area contributed by atoms with E-state index in [4.69, 9.17) is 0 Å². The van der Waals surface area contributed by atoms with Gasteiger partial charge >= 0.3 is 0 Å². The molecule has 0 fully saturated rings. The summed E-state index contributed by atoms with van der Waals surface area (Å²) < 4.78 is 0. The van der Waals surface area contributed by atoms with Gasteiger partial charge in [0.2, 0.25) is 0 Å². The molecule has 0 saturated carbocycles. The van der Waals surface area contributed by atoms with E-state index in [1.165, 1.54) is 22.3 Å². The lowest BCUT2D eigenvalue weighted by atomic mass is 10.1. The lowest BCUT2D eigenvalue weighted by Gasteiger charge is -1.97. The van der Waals surface area contributed by atoms with Gasteiger partial charge in [-0.3, -0.25) is 0 Å². The van der Waals surface area contributed by atoms with Crippen LogP contribution in [0.5, 0.6) is 0 Å². The van der Waals surface area contributed by atoms with Gasteiger partial charge in [-0.15, -0.1) is 0 Å². The van der Waals surface area contributed by atoms with Crippen LogP contribution in [-0.2, 0) is 0 Å². The van der Waals surface area contributed by atoms with Crippen molar-refractivity contribution in [1.29, 1.82) is 0 Å². The second-order valence-corrected chi connectivity index (χ2v) is 12.7. The van der Waals surface area contributed by atoms with Crippen molar-refractivity contribution in [3.05, 3.63) is 181 Å². The molecule has 10 rings (SSSR count). The minimum Gasteiger partial charge on any atom is -0.244 e. The van der Waals surface area contributed by atoms with E-state index in [1.54, 1.807) is 31.6 Å². The number of rotatable bonds is 0. The highest BCUT2D eigenvalue weighted by Gasteiger charge is 1.97. The maximum Gasteiger partial charge on any atom is 0.116 e. The minimum atomic E-state index is 1.01. The molecule has 5 aromatic carbocycles. The van der Waals surface area contributed by atoms with Gasteiger partial charge in [0.25, 0.3) is 0 Å². The molecule has 0 amide bonds. The Balaban J connectivity index is 0.000000117. The van der Waals surface area contributed by atoms with E-state index in [-0.39, 0.29) is 0 Å². The summed E-state index contributed by atoms with van der Waals surface area (Å²) in [5.74, 6) is 0. The molecule has 10 aromatic rings. The number of hydrogen-bond donors (Lipinski definition) is 0. The van der Waals surface area contributed by atoms with E-state index in [9.17, 15) is 0 Å². The van der Waals surface area contributed by atoms with Gasteiger partial charge in [0.1, 0.15) is 31.6 Å². The van der Waals surface area contributed by atoms with E-state index in [0.717, 1.165) is 60.2 Å². The monoisotopic (exact) mass is 720 g/mol. The molecular weight excluding hydrogens is 681 g/mol. The molecule has 270 valence electrons. The van der Waals surface area contributed by atoms with Crippen molar-refractivity contribution in [1.82, 2.24) is 49.8 Å². The number of benzene rings is 5. The van der Waals surface area contributed by atoms with E-state index < -0.39 is 0 Å². The van der Waals surface area contributed by atoms with Gasteiger partial charge in [0.15, 0.2) is 0 Å². The van der Waals surface area contributed by atoms with Crippen molar-refractivity contribution >= 4 is 54.5 Å². The average Bonchev–Trinajstić information content (AvgIpc) is 3.22. The summed E-state index contributed by atoms with van der Waals surface area (Å²) in [6, 6.07) is 32.4. The summed E-state index contributed by atoms with van der Waals surface area (Å²) in [4.78, 5) is 40.5. The van der Waals surface area contributed by atoms with Crippen LogP contribution < -0.4 is 0 Å². The quantitative estimate of drug-likeness (QED) is 0.149. The number of aryl methyl sites for hydroxylation is 5. The van der Waals surface area contributed by atoms with Crippen LogP contribution in [0.4, 0.5) is 0 Å². The van der Waals surface area contributed by atoms with Gasteiger partial charge in [0, 0.05) is 57.4 Å². The van der Waals surface area contributed by atoms with Gasteiger partial charge in [0.05, 0.1) is 27.6 Å². The molecular formula is C45H40N10. The fourth-order valence-corrected chi connectivity index (χ4v) is 5.64. The highest BCUT2D eigenvalue weighted by molar-refractivity contribution is 5.82. The summed E-state index contributed by atoms with van der Waals surface area (Å²) in [5.41, 5.74) is 11.0. The van der Waals surface area contributed by atoms with E-state index in [1.807, 2.05) is 92.4 Å². The fraction of sp³-hybridized carbons (Fsp3) is 0.111. The molecule has 0 aliphatic rings. The lowest BCUT2D eigenvalue weighted by Crippen LogP contribution is -1.85. The number of para-hydroxylation sites is 2. The second-order valence-electron chi connectivity index (χ2n) is 12.7. The summed E-state index contributed by atoms with van der Waals surface area (Å²) in [6.45, 7) is 10.2. The van der Waals surface area contributed by atoms with Crippen LogP contribution in [0.3, 0.4) is 0 Å². The smallest absolute Gasteiger partial charge is 0.116 e. The SMILES string of the molecule is Cc1ccc2cncnc2c1.Cc1ccc2ncncc2c1.Cc1cccc2cncnc12.Cc1cccc2ncncc12.Cc1ncnc2ccccc12. The van der Waals surface area contributed by atoms with Crippen molar-refractivity contribution in [2.24, 2.45) is 0 Å². The number of fused-ring (bicyclic) bond motifs is 5. The summed E-state index contributed by atoms with van der Waals surface area (Å²) >= 11 is 0. The Morgan fingerprint density at radius 2 is 0.927 bits per heavy atom. The number of hydrogen-bond acceptors (Lipinski definition) is 10. The highest BCUT2D eigenvalue weighted by Crippen LogP contribution is 2.15. The predicted molar refractivity (Wildman–Crippen MR) is 221 cm³/mol. The third-order valence-electron chi connectivity index (χ3n) is 8.57. The molecule has 10 heteroatoms. The van der Waals surface area contributed by atoms with Crippen LogP contribution in [0.2, 0.25) is 0 Å². The van der Waals surface area contributed by atoms with Crippen molar-refractivity contribution in [2.75, 3.05) is 0 Å². The Morgan fingerprint density at radius 3 is 1.71 bits per heavy atom. The standard InChI is InChI=1S/5C9H8N2/c1-7-2-3-9-8(4-7)5-10-6-11-9;1-7-2-3-8-5-10-6-11-9(8)4-7;1-7-3-2-4-9-8(7)5-10-6-11-9;1-7-3-2-4-8-5-10-6-11-9(7)8;1-7-8-4-2-3-5-9(8)11-6-10-7/h5*2-6H,1H3. The Morgan fingerprint density at radius 1 is 0.345 bits per heavy atom. The Bertz CT molecular complexity index is 2510. The van der Waals surface area contributed by atoms with Crippen LogP contribution in [0.25, 0.3) is 54.5 Å². The first-order chi connectivity index (χ1) is 26.9. The number of aromatic nitrogens is 10. The maximum atomic E-state index is 4.17. The first-order valence-corrected chi connectivity index (χ1v) is 17.7. The second kappa shape index (κ2) is 18.5. The summed E-state index contributed by atoms with van der Waals surface area (Å²) in [7, 11) is 0. The lowest BCUT2D eigenvalue weighted by molar-refractivity contribution is 1.15. The fourth-order valence-electron chi connectivity index (χ4n) is 5.64. The summed E-state index contributed by atoms with van der Waals surface area (Å²) in [5, 5.41) is 5.57.